The molecule has 0 saturated carbocycles. The van der Waals surface area contributed by atoms with E-state index in [0.717, 1.165) is 11.0 Å². The lowest BCUT2D eigenvalue weighted by Gasteiger charge is -2.21. The molecular formula is C12H21NO7S. The summed E-state index contributed by atoms with van der Waals surface area (Å²) in [6.45, 7) is 1.11. The third-order valence-corrected chi connectivity index (χ3v) is 1.91. The van der Waals surface area contributed by atoms with Crippen LogP contribution in [0.15, 0.2) is 24.3 Å². The third kappa shape index (κ3) is 16.4. The van der Waals surface area contributed by atoms with Gasteiger partial charge in [-0.05, 0) is 12.1 Å². The molecule has 0 radical (unpaired) electrons. The van der Waals surface area contributed by atoms with Crippen LogP contribution in [0.3, 0.4) is 0 Å². The average molecular weight is 323 g/mol. The van der Waals surface area contributed by atoms with Crippen LogP contribution in [-0.4, -0.2) is 73.4 Å². The van der Waals surface area contributed by atoms with Gasteiger partial charge < -0.3 is 28.9 Å². The molecule has 0 saturated heterocycles. The molecule has 1 aromatic rings. The van der Waals surface area contributed by atoms with Gasteiger partial charge in [-0.3, -0.25) is 0 Å². The van der Waals surface area contributed by atoms with Crippen LogP contribution in [0.2, 0.25) is 0 Å². The number of likely N-dealkylation sites (N-methyl/N-ethyl adjacent to an activating group) is 1. The first-order valence-corrected chi connectivity index (χ1v) is 6.75. The summed E-state index contributed by atoms with van der Waals surface area (Å²) in [7, 11) is 6.16. The highest BCUT2D eigenvalue weighted by atomic mass is 32.2. The van der Waals surface area contributed by atoms with Gasteiger partial charge in [0.1, 0.15) is 17.9 Å². The average Bonchev–Trinajstić information content (AvgIpc) is 2.27. The fourth-order valence-corrected chi connectivity index (χ4v) is 0.954. The Labute approximate surface area is 126 Å². The molecule has 0 heterocycles. The molecule has 0 aliphatic rings. The summed E-state index contributed by atoms with van der Waals surface area (Å²) >= 11 is -2.86. The van der Waals surface area contributed by atoms with Crippen LogP contribution in [-0.2, 0) is 11.4 Å². The van der Waals surface area contributed by atoms with Crippen LogP contribution in [0.25, 0.3) is 0 Å². The number of carboxylic acids is 1. The van der Waals surface area contributed by atoms with Crippen molar-refractivity contribution in [1.82, 2.24) is 0 Å². The van der Waals surface area contributed by atoms with Crippen molar-refractivity contribution in [3.63, 3.8) is 0 Å². The number of benzene rings is 1. The topological polar surface area (TPSA) is 138 Å². The Morgan fingerprint density at radius 2 is 1.71 bits per heavy atom. The Morgan fingerprint density at radius 3 is 1.90 bits per heavy atom. The third-order valence-electron chi connectivity index (χ3n) is 1.91. The lowest BCUT2D eigenvalue weighted by Crippen LogP contribution is -2.36. The zero-order valence-corrected chi connectivity index (χ0v) is 12.9. The maximum Gasteiger partial charge on any atom is 0.339 e. The number of aromatic hydroxyl groups is 1. The van der Waals surface area contributed by atoms with E-state index in [-0.39, 0.29) is 17.9 Å². The van der Waals surface area contributed by atoms with Crippen LogP contribution in [0, 0.1) is 0 Å². The van der Waals surface area contributed by atoms with Gasteiger partial charge >= 0.3 is 5.97 Å². The van der Waals surface area contributed by atoms with Gasteiger partial charge in [-0.1, -0.05) is 12.1 Å². The van der Waals surface area contributed by atoms with Crippen LogP contribution < -0.4 is 0 Å². The highest BCUT2D eigenvalue weighted by Crippen LogP contribution is 2.14. The van der Waals surface area contributed by atoms with Crippen molar-refractivity contribution in [1.29, 1.82) is 0 Å². The summed E-state index contributed by atoms with van der Waals surface area (Å²) in [5, 5.41) is 25.7. The van der Waals surface area contributed by atoms with Gasteiger partial charge in [0.25, 0.3) is 0 Å². The minimum Gasteiger partial charge on any atom is -0.750 e. The quantitative estimate of drug-likeness (QED) is 0.457. The Kier molecular flexibility index (Phi) is 11.6. The van der Waals surface area contributed by atoms with E-state index in [9.17, 15) is 4.79 Å². The monoisotopic (exact) mass is 323 g/mol. The van der Waals surface area contributed by atoms with E-state index >= 15 is 0 Å². The van der Waals surface area contributed by atoms with Crippen LogP contribution in [0.4, 0.5) is 0 Å². The molecule has 4 N–H and O–H groups in total. The van der Waals surface area contributed by atoms with Crippen LogP contribution >= 0.6 is 0 Å². The number of carbonyl (C=O) groups is 1. The molecule has 1 aromatic carbocycles. The predicted molar refractivity (Wildman–Crippen MR) is 76.6 cm³/mol. The zero-order valence-electron chi connectivity index (χ0n) is 12.1. The van der Waals surface area contributed by atoms with E-state index in [0.29, 0.717) is 0 Å². The van der Waals surface area contributed by atoms with E-state index in [1.54, 1.807) is 12.1 Å². The summed E-state index contributed by atoms with van der Waals surface area (Å²) in [6.07, 6.45) is 0. The first-order chi connectivity index (χ1) is 9.51. The molecule has 0 spiro atoms. The Balaban J connectivity index is 0. The molecule has 9 heteroatoms. The molecule has 8 nitrogen and oxygen atoms in total. The molecule has 0 aliphatic carbocycles. The van der Waals surface area contributed by atoms with Gasteiger partial charge in [0.2, 0.25) is 0 Å². The number of rotatable bonds is 3. The van der Waals surface area contributed by atoms with Crippen LogP contribution in [0.1, 0.15) is 10.4 Å². The van der Waals surface area contributed by atoms with E-state index < -0.39 is 17.3 Å². The molecular weight excluding hydrogens is 302 g/mol. The van der Waals surface area contributed by atoms with Gasteiger partial charge in [-0.25, -0.2) is 9.00 Å². The normalized spacial score (nSPS) is 11.3. The highest BCUT2D eigenvalue weighted by Gasteiger charge is 2.05. The number of hydrogen-bond donors (Lipinski definition) is 4. The molecule has 122 valence electrons. The van der Waals surface area contributed by atoms with Crippen LogP contribution in [0.5, 0.6) is 5.75 Å². The number of carboxylic acid groups (broad SMARTS) is 1. The van der Waals surface area contributed by atoms with Crippen molar-refractivity contribution in [3.05, 3.63) is 29.8 Å². The largest absolute Gasteiger partial charge is 0.750 e. The number of aliphatic hydroxyl groups excluding tert-OH is 1. The number of quaternary nitrogens is 1. The second kappa shape index (κ2) is 11.2. The predicted octanol–water partition coefficient (Wildman–Crippen LogP) is 0.114. The van der Waals surface area contributed by atoms with E-state index in [4.69, 9.17) is 28.6 Å². The lowest BCUT2D eigenvalue weighted by atomic mass is 10.2. The molecule has 0 bridgehead atoms. The molecule has 0 aromatic heterocycles. The maximum atomic E-state index is 10.3. The number of aliphatic hydroxyl groups is 1. The van der Waals surface area contributed by atoms with Crippen molar-refractivity contribution in [2.24, 2.45) is 0 Å². The van der Waals surface area contributed by atoms with Gasteiger partial charge in [-0.15, -0.1) is 0 Å². The van der Waals surface area contributed by atoms with E-state index in [2.05, 4.69) is 21.1 Å². The van der Waals surface area contributed by atoms with Crippen molar-refractivity contribution in [2.45, 2.75) is 0 Å². The van der Waals surface area contributed by atoms with E-state index in [1.807, 2.05) is 0 Å². The van der Waals surface area contributed by atoms with Gasteiger partial charge in [-0.2, -0.15) is 0 Å². The summed E-state index contributed by atoms with van der Waals surface area (Å²) < 4.78 is 24.9. The molecule has 1 rings (SSSR count). The van der Waals surface area contributed by atoms with Crippen molar-refractivity contribution in [2.75, 3.05) is 34.3 Å². The molecule has 0 aliphatic heterocycles. The minimum absolute atomic E-state index is 0.0671. The highest BCUT2D eigenvalue weighted by molar-refractivity contribution is 7.73. The minimum atomic E-state index is -2.86. The maximum absolute atomic E-state index is 10.3. The molecule has 1 atom stereocenters. The molecule has 0 fully saturated rings. The first kappa shape index (κ1) is 21.8. The van der Waals surface area contributed by atoms with E-state index in [1.165, 1.54) is 12.1 Å². The SMILES string of the molecule is C[N+](C)(C)CCO.O=C(O)c1ccccc1O.O=S([O-])O. The molecule has 0 amide bonds. The fraction of sp³-hybridized carbons (Fsp3) is 0.417. The number of phenols is 1. The lowest BCUT2D eigenvalue weighted by molar-refractivity contribution is -0.870. The summed E-state index contributed by atoms with van der Waals surface area (Å²) in [5.41, 5.74) is -0.0671. The Bertz CT molecular complexity index is 441. The molecule has 21 heavy (non-hydrogen) atoms. The number of para-hydroxylation sites is 1. The smallest absolute Gasteiger partial charge is 0.339 e. The second-order valence-electron chi connectivity index (χ2n) is 4.78. The summed E-state index contributed by atoms with van der Waals surface area (Å²) in [4.78, 5) is 10.3. The molecule has 1 unspecified atom stereocenters. The number of nitrogens with zero attached hydrogens (tertiary/aromatic N) is 1. The second-order valence-corrected chi connectivity index (χ2v) is 5.21. The van der Waals surface area contributed by atoms with Crippen molar-refractivity contribution >= 4 is 17.3 Å². The summed E-state index contributed by atoms with van der Waals surface area (Å²) in [5.74, 6) is -1.31. The number of hydrogen-bond acceptors (Lipinski definition) is 5. The zero-order chi connectivity index (χ0) is 17.1. The number of aromatic carboxylic acids is 1. The van der Waals surface area contributed by atoms with Gasteiger partial charge in [0.05, 0.1) is 39.1 Å². The standard InChI is InChI=1S/C7H6O3.C5H14NO.H2O3S/c8-6-4-2-1-3-5(6)7(9)10;1-6(2,3)4-5-7;1-4(2)3/h1-4,8H,(H,9,10);7H,4-5H2,1-3H3;(H2,1,2,3)/q;+1;/p-1. The van der Waals surface area contributed by atoms with Gasteiger partial charge in [0.15, 0.2) is 0 Å². The Morgan fingerprint density at radius 1 is 1.29 bits per heavy atom. The first-order valence-electron chi connectivity index (χ1n) is 5.72. The van der Waals surface area contributed by atoms with Gasteiger partial charge in [0, 0.05) is 0 Å². The fourth-order valence-electron chi connectivity index (χ4n) is 0.954. The summed E-state index contributed by atoms with van der Waals surface area (Å²) in [6, 6.07) is 5.81. The van der Waals surface area contributed by atoms with Crippen molar-refractivity contribution in [3.8, 4) is 5.75 Å². The Hall–Kier alpha value is -1.52. The van der Waals surface area contributed by atoms with Crippen molar-refractivity contribution < 1.29 is 37.9 Å².